The van der Waals surface area contributed by atoms with Crippen molar-refractivity contribution in [2.24, 2.45) is 0 Å². The van der Waals surface area contributed by atoms with E-state index in [1.54, 1.807) is 4.90 Å². The molecule has 0 atom stereocenters. The predicted molar refractivity (Wildman–Crippen MR) is 52.8 cm³/mol. The molecule has 0 saturated carbocycles. The smallest absolute Gasteiger partial charge is 0.167 e. The number of pyridine rings is 1. The van der Waals surface area contributed by atoms with Gasteiger partial charge in [-0.1, -0.05) is 18.5 Å². The van der Waals surface area contributed by atoms with Gasteiger partial charge in [-0.3, -0.25) is 0 Å². The van der Waals surface area contributed by atoms with E-state index in [9.17, 15) is 4.39 Å². The number of halogens is 2. The van der Waals surface area contributed by atoms with Gasteiger partial charge in [-0.05, 0) is 12.5 Å². The number of nitrogens with zero attached hydrogens (tertiary/aromatic N) is 2. The molecule has 0 fully saturated rings. The molecule has 0 bridgehead atoms. The molecule has 0 aliphatic heterocycles. The molecule has 13 heavy (non-hydrogen) atoms. The number of rotatable bonds is 3. The highest BCUT2D eigenvalue weighted by atomic mass is 35.5. The van der Waals surface area contributed by atoms with Crippen molar-refractivity contribution in [1.82, 2.24) is 4.98 Å². The molecule has 0 aliphatic carbocycles. The number of anilines is 1. The molecule has 1 aromatic rings. The molecule has 0 aromatic carbocycles. The SMILES string of the molecule is CCCN(C)c1ncc(Cl)cc1F. The lowest BCUT2D eigenvalue weighted by Crippen LogP contribution is -2.20. The van der Waals surface area contributed by atoms with E-state index in [0.717, 1.165) is 13.0 Å². The summed E-state index contributed by atoms with van der Waals surface area (Å²) >= 11 is 5.58. The van der Waals surface area contributed by atoms with Crippen molar-refractivity contribution in [2.45, 2.75) is 13.3 Å². The second-order valence-electron chi connectivity index (χ2n) is 2.88. The van der Waals surface area contributed by atoms with Crippen LogP contribution >= 0.6 is 11.6 Å². The van der Waals surface area contributed by atoms with Crippen molar-refractivity contribution in [3.8, 4) is 0 Å². The maximum absolute atomic E-state index is 13.2. The maximum Gasteiger partial charge on any atom is 0.167 e. The molecular formula is C9H12ClFN2. The lowest BCUT2D eigenvalue weighted by Gasteiger charge is -2.17. The Balaban J connectivity index is 2.88. The van der Waals surface area contributed by atoms with Gasteiger partial charge in [0.05, 0.1) is 5.02 Å². The molecule has 1 heterocycles. The van der Waals surface area contributed by atoms with Crippen LogP contribution in [-0.2, 0) is 0 Å². The molecule has 0 N–H and O–H groups in total. The molecule has 0 unspecified atom stereocenters. The van der Waals surface area contributed by atoms with Crippen molar-refractivity contribution in [2.75, 3.05) is 18.5 Å². The average Bonchev–Trinajstić information content (AvgIpc) is 2.04. The summed E-state index contributed by atoms with van der Waals surface area (Å²) in [6.07, 6.45) is 2.41. The summed E-state index contributed by atoms with van der Waals surface area (Å²) in [5.74, 6) is -0.0188. The van der Waals surface area contributed by atoms with Crippen LogP contribution < -0.4 is 4.90 Å². The van der Waals surface area contributed by atoms with E-state index >= 15 is 0 Å². The summed E-state index contributed by atoms with van der Waals surface area (Å²) in [5, 5.41) is 0.325. The fraction of sp³-hybridized carbons (Fsp3) is 0.444. The topological polar surface area (TPSA) is 16.1 Å². The van der Waals surface area contributed by atoms with Gasteiger partial charge in [-0.2, -0.15) is 0 Å². The third kappa shape index (κ3) is 2.56. The second kappa shape index (κ2) is 4.42. The molecule has 4 heteroatoms. The number of hydrogen-bond donors (Lipinski definition) is 0. The Morgan fingerprint density at radius 2 is 2.31 bits per heavy atom. The molecule has 0 aliphatic rings. The van der Waals surface area contributed by atoms with E-state index in [-0.39, 0.29) is 5.82 Å². The molecule has 0 radical (unpaired) electrons. The maximum atomic E-state index is 13.2. The van der Waals surface area contributed by atoms with Gasteiger partial charge in [0, 0.05) is 19.8 Å². The zero-order chi connectivity index (χ0) is 9.84. The summed E-state index contributed by atoms with van der Waals surface area (Å²) in [6.45, 7) is 2.82. The zero-order valence-corrected chi connectivity index (χ0v) is 8.48. The largest absolute Gasteiger partial charge is 0.357 e. The number of hydrogen-bond acceptors (Lipinski definition) is 2. The van der Waals surface area contributed by atoms with Crippen LogP contribution in [0, 0.1) is 5.82 Å². The van der Waals surface area contributed by atoms with Gasteiger partial charge in [0.15, 0.2) is 11.6 Å². The number of aromatic nitrogens is 1. The molecule has 0 spiro atoms. The Bertz CT molecular complexity index is 291. The van der Waals surface area contributed by atoms with Crippen LogP contribution in [0.15, 0.2) is 12.3 Å². The van der Waals surface area contributed by atoms with Crippen LogP contribution in [0.25, 0.3) is 0 Å². The summed E-state index contributed by atoms with van der Waals surface area (Å²) in [5.41, 5.74) is 0. The first-order chi connectivity index (χ1) is 6.15. The summed E-state index contributed by atoms with van der Waals surface area (Å²) in [7, 11) is 1.81. The van der Waals surface area contributed by atoms with Gasteiger partial charge in [0.2, 0.25) is 0 Å². The van der Waals surface area contributed by atoms with Gasteiger partial charge < -0.3 is 4.90 Å². The van der Waals surface area contributed by atoms with Crippen LogP contribution in [-0.4, -0.2) is 18.6 Å². The van der Waals surface area contributed by atoms with Crippen molar-refractivity contribution >= 4 is 17.4 Å². The van der Waals surface area contributed by atoms with E-state index < -0.39 is 0 Å². The predicted octanol–water partition coefficient (Wildman–Crippen LogP) is 2.72. The van der Waals surface area contributed by atoms with Gasteiger partial charge in [0.25, 0.3) is 0 Å². The minimum atomic E-state index is -0.372. The van der Waals surface area contributed by atoms with Crippen molar-refractivity contribution in [1.29, 1.82) is 0 Å². The summed E-state index contributed by atoms with van der Waals surface area (Å²) < 4.78 is 13.2. The molecule has 2 nitrogen and oxygen atoms in total. The van der Waals surface area contributed by atoms with Crippen LogP contribution in [0.4, 0.5) is 10.2 Å². The molecular weight excluding hydrogens is 191 g/mol. The third-order valence-electron chi connectivity index (χ3n) is 1.71. The average molecular weight is 203 g/mol. The van der Waals surface area contributed by atoms with Crippen LogP contribution in [0.3, 0.4) is 0 Å². The highest BCUT2D eigenvalue weighted by Crippen LogP contribution is 2.18. The van der Waals surface area contributed by atoms with Crippen LogP contribution in [0.2, 0.25) is 5.02 Å². The standard InChI is InChI=1S/C9H12ClFN2/c1-3-4-13(2)9-8(11)5-7(10)6-12-9/h5-6H,3-4H2,1-2H3. The fourth-order valence-electron chi connectivity index (χ4n) is 1.13. The Labute approximate surface area is 82.3 Å². The zero-order valence-electron chi connectivity index (χ0n) is 7.72. The first-order valence-electron chi connectivity index (χ1n) is 4.17. The second-order valence-corrected chi connectivity index (χ2v) is 3.32. The Kier molecular flexibility index (Phi) is 3.48. The molecule has 72 valence electrons. The van der Waals surface area contributed by atoms with Gasteiger partial charge in [-0.25, -0.2) is 9.37 Å². The molecule has 1 aromatic heterocycles. The fourth-order valence-corrected chi connectivity index (χ4v) is 1.27. The van der Waals surface area contributed by atoms with Crippen LogP contribution in [0.5, 0.6) is 0 Å². The van der Waals surface area contributed by atoms with E-state index in [4.69, 9.17) is 11.6 Å². The first kappa shape index (κ1) is 10.3. The van der Waals surface area contributed by atoms with E-state index in [2.05, 4.69) is 4.98 Å². The lowest BCUT2D eigenvalue weighted by molar-refractivity contribution is 0.614. The quantitative estimate of drug-likeness (QED) is 0.749. The van der Waals surface area contributed by atoms with Gasteiger partial charge >= 0.3 is 0 Å². The summed E-state index contributed by atoms with van der Waals surface area (Å²) in [4.78, 5) is 5.68. The highest BCUT2D eigenvalue weighted by molar-refractivity contribution is 6.30. The van der Waals surface area contributed by atoms with Gasteiger partial charge in [-0.15, -0.1) is 0 Å². The van der Waals surface area contributed by atoms with E-state index in [1.807, 2.05) is 14.0 Å². The summed E-state index contributed by atoms with van der Waals surface area (Å²) in [6, 6.07) is 1.27. The van der Waals surface area contributed by atoms with E-state index in [0.29, 0.717) is 10.8 Å². The minimum absolute atomic E-state index is 0.325. The van der Waals surface area contributed by atoms with Crippen molar-refractivity contribution in [3.63, 3.8) is 0 Å². The van der Waals surface area contributed by atoms with Crippen molar-refractivity contribution in [3.05, 3.63) is 23.1 Å². The molecule has 0 saturated heterocycles. The Morgan fingerprint density at radius 1 is 1.62 bits per heavy atom. The van der Waals surface area contributed by atoms with Crippen molar-refractivity contribution < 1.29 is 4.39 Å². The minimum Gasteiger partial charge on any atom is -0.357 e. The highest BCUT2D eigenvalue weighted by Gasteiger charge is 2.08. The molecule has 1 rings (SSSR count). The van der Waals surface area contributed by atoms with E-state index in [1.165, 1.54) is 12.3 Å². The van der Waals surface area contributed by atoms with Gasteiger partial charge in [0.1, 0.15) is 0 Å². The molecule has 0 amide bonds. The van der Waals surface area contributed by atoms with Crippen LogP contribution in [0.1, 0.15) is 13.3 Å². The first-order valence-corrected chi connectivity index (χ1v) is 4.55. The Hall–Kier alpha value is -0.830. The third-order valence-corrected chi connectivity index (χ3v) is 1.92. The Morgan fingerprint density at radius 3 is 2.85 bits per heavy atom. The normalized spacial score (nSPS) is 10.2. The lowest BCUT2D eigenvalue weighted by atomic mass is 10.4. The monoisotopic (exact) mass is 202 g/mol.